The van der Waals surface area contributed by atoms with Gasteiger partial charge in [0.2, 0.25) is 0 Å². The molecule has 2 aromatic heterocycles. The van der Waals surface area contributed by atoms with Gasteiger partial charge in [-0.3, -0.25) is 0 Å². The van der Waals surface area contributed by atoms with Gasteiger partial charge in [0.25, 0.3) is 0 Å². The van der Waals surface area contributed by atoms with Gasteiger partial charge in [0.05, 0.1) is 12.3 Å². The third-order valence-electron chi connectivity index (χ3n) is 3.61. The first kappa shape index (κ1) is 12.2. The van der Waals surface area contributed by atoms with Gasteiger partial charge in [-0.05, 0) is 18.9 Å². The van der Waals surface area contributed by atoms with Crippen molar-refractivity contribution in [1.82, 2.24) is 14.6 Å². The molecule has 0 unspecified atom stereocenters. The van der Waals surface area contributed by atoms with Crippen LogP contribution in [0.15, 0.2) is 18.5 Å². The van der Waals surface area contributed by atoms with Crippen molar-refractivity contribution in [3.8, 4) is 0 Å². The molecule has 2 aromatic rings. The zero-order valence-electron chi connectivity index (χ0n) is 11.3. The average molecular weight is 261 g/mol. The smallest absolute Gasteiger partial charge is 0.180 e. The number of rotatable bonds is 2. The maximum absolute atomic E-state index is 9.56. The number of aliphatic hydroxyl groups is 1. The van der Waals surface area contributed by atoms with E-state index in [1.165, 1.54) is 0 Å². The minimum atomic E-state index is -0.160. The summed E-state index contributed by atoms with van der Waals surface area (Å²) in [7, 11) is 3.98. The number of hydrogen-bond acceptors (Lipinski definition) is 5. The zero-order valence-corrected chi connectivity index (χ0v) is 11.3. The highest BCUT2D eigenvalue weighted by Gasteiger charge is 2.19. The molecule has 0 aromatic carbocycles. The molecular weight excluding hydrogens is 242 g/mol. The summed E-state index contributed by atoms with van der Waals surface area (Å²) in [5.41, 5.74) is 1.88. The van der Waals surface area contributed by atoms with E-state index in [0.717, 1.165) is 43.1 Å². The molecule has 102 valence electrons. The van der Waals surface area contributed by atoms with Crippen LogP contribution in [-0.2, 0) is 0 Å². The van der Waals surface area contributed by atoms with E-state index in [4.69, 9.17) is 4.98 Å². The molecule has 0 spiro atoms. The summed E-state index contributed by atoms with van der Waals surface area (Å²) in [6.45, 7) is 1.71. The Hall–Kier alpha value is -1.82. The first-order chi connectivity index (χ1) is 9.15. The Morgan fingerprint density at radius 3 is 2.74 bits per heavy atom. The van der Waals surface area contributed by atoms with Gasteiger partial charge < -0.3 is 14.9 Å². The van der Waals surface area contributed by atoms with Gasteiger partial charge in [-0.1, -0.05) is 0 Å². The Morgan fingerprint density at radius 1 is 1.32 bits per heavy atom. The van der Waals surface area contributed by atoms with Crippen LogP contribution in [0.1, 0.15) is 12.8 Å². The van der Waals surface area contributed by atoms with E-state index >= 15 is 0 Å². The molecule has 19 heavy (non-hydrogen) atoms. The Morgan fingerprint density at radius 2 is 2.05 bits per heavy atom. The second kappa shape index (κ2) is 4.70. The highest BCUT2D eigenvalue weighted by atomic mass is 16.3. The molecule has 0 radical (unpaired) electrons. The fourth-order valence-corrected chi connectivity index (χ4v) is 2.43. The summed E-state index contributed by atoms with van der Waals surface area (Å²) < 4.78 is 1.79. The molecule has 1 aliphatic heterocycles. The van der Waals surface area contributed by atoms with Crippen molar-refractivity contribution >= 4 is 17.2 Å². The maximum atomic E-state index is 9.56. The Kier molecular flexibility index (Phi) is 3.02. The van der Waals surface area contributed by atoms with E-state index in [2.05, 4.69) is 10.00 Å². The fourth-order valence-electron chi connectivity index (χ4n) is 2.43. The average Bonchev–Trinajstić information content (AvgIpc) is 2.82. The Bertz CT molecular complexity index is 571. The lowest BCUT2D eigenvalue weighted by atomic mass is 10.1. The van der Waals surface area contributed by atoms with Crippen molar-refractivity contribution in [2.24, 2.45) is 0 Å². The predicted octanol–water partition coefficient (Wildman–Crippen LogP) is 0.756. The van der Waals surface area contributed by atoms with Gasteiger partial charge >= 0.3 is 0 Å². The third kappa shape index (κ3) is 2.23. The normalized spacial score (nSPS) is 17.1. The zero-order chi connectivity index (χ0) is 13.4. The highest BCUT2D eigenvalue weighted by molar-refractivity contribution is 5.69. The largest absolute Gasteiger partial charge is 0.393 e. The molecule has 0 saturated carbocycles. The number of piperidine rings is 1. The highest BCUT2D eigenvalue weighted by Crippen LogP contribution is 2.22. The lowest BCUT2D eigenvalue weighted by Gasteiger charge is -2.30. The van der Waals surface area contributed by atoms with E-state index in [9.17, 15) is 5.11 Å². The molecule has 1 fully saturated rings. The van der Waals surface area contributed by atoms with Crippen LogP contribution in [0, 0.1) is 0 Å². The minimum absolute atomic E-state index is 0.160. The van der Waals surface area contributed by atoms with Gasteiger partial charge in [0.1, 0.15) is 11.5 Å². The molecular formula is C13H19N5O. The first-order valence-electron chi connectivity index (χ1n) is 6.60. The quantitative estimate of drug-likeness (QED) is 0.865. The van der Waals surface area contributed by atoms with Crippen LogP contribution in [0.3, 0.4) is 0 Å². The monoisotopic (exact) mass is 261 g/mol. The number of anilines is 2. The summed E-state index contributed by atoms with van der Waals surface area (Å²) in [6.07, 6.45) is 5.23. The molecule has 1 N–H and O–H groups in total. The van der Waals surface area contributed by atoms with Crippen LogP contribution in [0.4, 0.5) is 11.5 Å². The van der Waals surface area contributed by atoms with Gasteiger partial charge in [0, 0.05) is 33.4 Å². The van der Waals surface area contributed by atoms with Crippen molar-refractivity contribution in [1.29, 1.82) is 0 Å². The molecule has 1 aliphatic rings. The van der Waals surface area contributed by atoms with Crippen LogP contribution in [-0.4, -0.2) is 53.0 Å². The molecule has 6 nitrogen and oxygen atoms in total. The number of nitrogens with zero attached hydrogens (tertiary/aromatic N) is 5. The molecule has 3 rings (SSSR count). The van der Waals surface area contributed by atoms with Crippen LogP contribution in [0.2, 0.25) is 0 Å². The van der Waals surface area contributed by atoms with Crippen molar-refractivity contribution < 1.29 is 5.11 Å². The van der Waals surface area contributed by atoms with Crippen LogP contribution in [0.25, 0.3) is 5.65 Å². The topological polar surface area (TPSA) is 56.9 Å². The van der Waals surface area contributed by atoms with Crippen molar-refractivity contribution in [3.05, 3.63) is 18.5 Å². The summed E-state index contributed by atoms with van der Waals surface area (Å²) in [6, 6.07) is 1.98. The van der Waals surface area contributed by atoms with E-state index in [-0.39, 0.29) is 6.10 Å². The Labute approximate surface area is 112 Å². The lowest BCUT2D eigenvalue weighted by Crippen LogP contribution is -2.36. The van der Waals surface area contributed by atoms with Crippen molar-refractivity contribution in [2.75, 3.05) is 37.0 Å². The lowest BCUT2D eigenvalue weighted by molar-refractivity contribution is 0.145. The van der Waals surface area contributed by atoms with Crippen molar-refractivity contribution in [2.45, 2.75) is 18.9 Å². The van der Waals surface area contributed by atoms with E-state index in [1.54, 1.807) is 4.52 Å². The molecule has 0 aliphatic carbocycles. The van der Waals surface area contributed by atoms with E-state index in [0.29, 0.717) is 0 Å². The molecule has 0 bridgehead atoms. The molecule has 6 heteroatoms. The number of aliphatic hydroxyl groups excluding tert-OH is 1. The van der Waals surface area contributed by atoms with Crippen LogP contribution in [0.5, 0.6) is 0 Å². The van der Waals surface area contributed by atoms with Gasteiger partial charge in [0.15, 0.2) is 5.65 Å². The summed E-state index contributed by atoms with van der Waals surface area (Å²) >= 11 is 0. The SMILES string of the molecule is CN(C)c1cnn2ccc(N3CCC(O)CC3)nc12. The van der Waals surface area contributed by atoms with Gasteiger partial charge in [-0.15, -0.1) is 0 Å². The number of fused-ring (bicyclic) bond motifs is 1. The maximum Gasteiger partial charge on any atom is 0.180 e. The number of aromatic nitrogens is 3. The summed E-state index contributed by atoms with van der Waals surface area (Å²) in [4.78, 5) is 8.94. The second-order valence-corrected chi connectivity index (χ2v) is 5.20. The predicted molar refractivity (Wildman–Crippen MR) is 74.8 cm³/mol. The van der Waals surface area contributed by atoms with Crippen molar-refractivity contribution in [3.63, 3.8) is 0 Å². The molecule has 0 amide bonds. The summed E-state index contributed by atoms with van der Waals surface area (Å²) in [5.74, 6) is 0.961. The summed E-state index contributed by atoms with van der Waals surface area (Å²) in [5, 5.41) is 13.9. The Balaban J connectivity index is 1.94. The second-order valence-electron chi connectivity index (χ2n) is 5.20. The molecule has 3 heterocycles. The van der Waals surface area contributed by atoms with Crippen LogP contribution < -0.4 is 9.80 Å². The molecule has 1 saturated heterocycles. The third-order valence-corrected chi connectivity index (χ3v) is 3.61. The minimum Gasteiger partial charge on any atom is -0.393 e. The standard InChI is InChI=1S/C13H19N5O/c1-16(2)11-9-14-18-8-5-12(15-13(11)18)17-6-3-10(19)4-7-17/h5,8-10,19H,3-4,6-7H2,1-2H3. The van der Waals surface area contributed by atoms with Gasteiger partial charge in [-0.2, -0.15) is 5.10 Å². The number of hydrogen-bond donors (Lipinski definition) is 1. The van der Waals surface area contributed by atoms with Crippen LogP contribution >= 0.6 is 0 Å². The van der Waals surface area contributed by atoms with E-state index in [1.807, 2.05) is 37.5 Å². The first-order valence-corrected chi connectivity index (χ1v) is 6.60. The fraction of sp³-hybridized carbons (Fsp3) is 0.538. The van der Waals surface area contributed by atoms with Gasteiger partial charge in [-0.25, -0.2) is 9.50 Å². The van der Waals surface area contributed by atoms with E-state index < -0.39 is 0 Å². The molecule has 0 atom stereocenters.